The van der Waals surface area contributed by atoms with Crippen LogP contribution in [0, 0.1) is 31.5 Å². The number of amides is 1. The maximum atomic E-state index is 13.9. The Balaban J connectivity index is 2.19. The van der Waals surface area contributed by atoms with Gasteiger partial charge in [0, 0.05) is 10.4 Å². The fraction of sp³-hybridized carbons (Fsp3) is 0.200. The van der Waals surface area contributed by atoms with Crippen LogP contribution in [0.4, 0.5) is 9.52 Å². The number of halogens is 1. The first-order valence-corrected chi connectivity index (χ1v) is 7.06. The zero-order valence-electron chi connectivity index (χ0n) is 11.7. The van der Waals surface area contributed by atoms with Gasteiger partial charge in [0.15, 0.2) is 5.13 Å². The number of anilines is 1. The fourth-order valence-electron chi connectivity index (χ4n) is 1.62. The number of rotatable bonds is 2. The number of thiazole rings is 1. The summed E-state index contributed by atoms with van der Waals surface area (Å²) >= 11 is 1.36. The minimum Gasteiger partial charge on any atom is -0.320 e. The number of hydrogen-bond acceptors (Lipinski definition) is 4. The molecule has 2 rings (SSSR count). The molecule has 0 aliphatic rings. The molecule has 1 heterocycles. The Bertz CT molecular complexity index is 724. The van der Waals surface area contributed by atoms with Crippen molar-refractivity contribution in [2.45, 2.75) is 13.8 Å². The van der Waals surface area contributed by atoms with E-state index in [0.29, 0.717) is 10.7 Å². The fourth-order valence-corrected chi connectivity index (χ4v) is 2.43. The average Bonchev–Trinajstić information content (AvgIpc) is 2.74. The molecule has 4 nitrogen and oxygen atoms in total. The quantitative estimate of drug-likeness (QED) is 0.837. The Labute approximate surface area is 126 Å². The molecule has 0 fully saturated rings. The van der Waals surface area contributed by atoms with Gasteiger partial charge in [-0.05, 0) is 32.0 Å². The minimum absolute atomic E-state index is 0.0428. The molecule has 1 amide bonds. The molecule has 0 aliphatic carbocycles. The van der Waals surface area contributed by atoms with Gasteiger partial charge >= 0.3 is 0 Å². The lowest BCUT2D eigenvalue weighted by Crippen LogP contribution is -2.13. The summed E-state index contributed by atoms with van der Waals surface area (Å²) in [7, 11) is 0. The molecule has 0 aliphatic heterocycles. The molecule has 3 N–H and O–H groups in total. The van der Waals surface area contributed by atoms with Crippen molar-refractivity contribution in [3.8, 4) is 11.8 Å². The number of hydrogen-bond donors (Lipinski definition) is 2. The Hall–Kier alpha value is -2.23. The monoisotopic (exact) mass is 303 g/mol. The molecule has 0 saturated carbocycles. The molecule has 0 bridgehead atoms. The van der Waals surface area contributed by atoms with E-state index in [2.05, 4.69) is 22.1 Å². The summed E-state index contributed by atoms with van der Waals surface area (Å²) in [4.78, 5) is 17.2. The van der Waals surface area contributed by atoms with Gasteiger partial charge in [-0.3, -0.25) is 10.1 Å². The van der Waals surface area contributed by atoms with Gasteiger partial charge in [0.1, 0.15) is 5.82 Å². The normalized spacial score (nSPS) is 9.90. The summed E-state index contributed by atoms with van der Waals surface area (Å²) in [6.45, 7) is 3.97. The van der Waals surface area contributed by atoms with E-state index < -0.39 is 11.7 Å². The van der Waals surface area contributed by atoms with Gasteiger partial charge in [0.25, 0.3) is 5.91 Å². The first-order chi connectivity index (χ1) is 10.0. The molecular formula is C15H14FN3OS. The van der Waals surface area contributed by atoms with Crippen molar-refractivity contribution in [1.29, 1.82) is 0 Å². The van der Waals surface area contributed by atoms with Crippen LogP contribution in [0.3, 0.4) is 0 Å². The Morgan fingerprint density at radius 1 is 1.48 bits per heavy atom. The highest BCUT2D eigenvalue weighted by Gasteiger charge is 2.14. The van der Waals surface area contributed by atoms with Crippen molar-refractivity contribution in [2.75, 3.05) is 11.9 Å². The van der Waals surface area contributed by atoms with Crippen LogP contribution in [0.15, 0.2) is 18.2 Å². The van der Waals surface area contributed by atoms with Crippen LogP contribution in [-0.4, -0.2) is 17.4 Å². The summed E-state index contributed by atoms with van der Waals surface area (Å²) < 4.78 is 13.9. The second-order valence-corrected chi connectivity index (χ2v) is 5.52. The van der Waals surface area contributed by atoms with Crippen LogP contribution in [0.2, 0.25) is 0 Å². The standard InChI is InChI=1S/C15H14FN3OS/c1-9-10(2)21-15(18-9)19-14(20)12-6-5-11(4-3-7-17)8-13(12)16/h5-6,8H,7,17H2,1-2H3,(H,18,19,20). The predicted octanol–water partition coefficient (Wildman–Crippen LogP) is 2.46. The zero-order chi connectivity index (χ0) is 15.4. The van der Waals surface area contributed by atoms with Crippen molar-refractivity contribution < 1.29 is 9.18 Å². The number of nitrogens with one attached hydrogen (secondary N) is 1. The van der Waals surface area contributed by atoms with Gasteiger partial charge in [0.05, 0.1) is 17.8 Å². The number of carbonyl (C=O) groups excluding carboxylic acids is 1. The molecule has 0 spiro atoms. The van der Waals surface area contributed by atoms with E-state index in [-0.39, 0.29) is 12.1 Å². The zero-order valence-corrected chi connectivity index (χ0v) is 12.5. The third-order valence-electron chi connectivity index (χ3n) is 2.80. The van der Waals surface area contributed by atoms with E-state index in [4.69, 9.17) is 5.73 Å². The van der Waals surface area contributed by atoms with E-state index >= 15 is 0 Å². The number of aryl methyl sites for hydroxylation is 2. The third kappa shape index (κ3) is 3.66. The van der Waals surface area contributed by atoms with Crippen LogP contribution < -0.4 is 11.1 Å². The summed E-state index contributed by atoms with van der Waals surface area (Å²) in [5.41, 5.74) is 6.54. The van der Waals surface area contributed by atoms with Crippen LogP contribution in [0.1, 0.15) is 26.5 Å². The molecule has 6 heteroatoms. The van der Waals surface area contributed by atoms with Crippen LogP contribution in [0.25, 0.3) is 0 Å². The SMILES string of the molecule is Cc1nc(NC(=O)c2ccc(C#CCN)cc2F)sc1C. The van der Waals surface area contributed by atoms with Crippen molar-refractivity contribution in [3.63, 3.8) is 0 Å². The molecule has 1 aromatic heterocycles. The van der Waals surface area contributed by atoms with Gasteiger partial charge in [-0.15, -0.1) is 11.3 Å². The third-order valence-corrected chi connectivity index (χ3v) is 3.79. The number of benzene rings is 1. The van der Waals surface area contributed by atoms with E-state index in [1.54, 1.807) is 6.07 Å². The number of aromatic nitrogens is 1. The minimum atomic E-state index is -0.624. The van der Waals surface area contributed by atoms with E-state index in [1.165, 1.54) is 23.5 Å². The van der Waals surface area contributed by atoms with Crippen LogP contribution >= 0.6 is 11.3 Å². The molecule has 0 atom stereocenters. The van der Waals surface area contributed by atoms with Gasteiger partial charge < -0.3 is 5.73 Å². The molecule has 0 unspecified atom stereocenters. The van der Waals surface area contributed by atoms with Crippen molar-refractivity contribution in [1.82, 2.24) is 4.98 Å². The lowest BCUT2D eigenvalue weighted by molar-refractivity contribution is 0.102. The second kappa shape index (κ2) is 6.48. The topological polar surface area (TPSA) is 68.0 Å². The second-order valence-electron chi connectivity index (χ2n) is 4.32. The highest BCUT2D eigenvalue weighted by atomic mass is 32.1. The Morgan fingerprint density at radius 2 is 2.24 bits per heavy atom. The number of nitrogens with two attached hydrogens (primary N) is 1. The lowest BCUT2D eigenvalue weighted by atomic mass is 10.1. The summed E-state index contributed by atoms with van der Waals surface area (Å²) in [6, 6.07) is 4.20. The van der Waals surface area contributed by atoms with Gasteiger partial charge in [0.2, 0.25) is 0 Å². The van der Waals surface area contributed by atoms with E-state index in [0.717, 1.165) is 10.6 Å². The van der Waals surface area contributed by atoms with Gasteiger partial charge in [-0.2, -0.15) is 0 Å². The van der Waals surface area contributed by atoms with E-state index in [1.807, 2.05) is 13.8 Å². The van der Waals surface area contributed by atoms with Gasteiger partial charge in [-0.1, -0.05) is 11.8 Å². The highest BCUT2D eigenvalue weighted by molar-refractivity contribution is 7.15. The summed E-state index contributed by atoms with van der Waals surface area (Å²) in [5.74, 6) is 4.19. The van der Waals surface area contributed by atoms with Gasteiger partial charge in [-0.25, -0.2) is 9.37 Å². The molecule has 2 aromatic rings. The maximum Gasteiger partial charge on any atom is 0.260 e. The van der Waals surface area contributed by atoms with Crippen LogP contribution in [0.5, 0.6) is 0 Å². The molecule has 1 aromatic carbocycles. The lowest BCUT2D eigenvalue weighted by Gasteiger charge is -2.03. The maximum absolute atomic E-state index is 13.9. The van der Waals surface area contributed by atoms with E-state index in [9.17, 15) is 9.18 Å². The van der Waals surface area contributed by atoms with Crippen molar-refractivity contribution in [3.05, 3.63) is 45.7 Å². The molecule has 0 radical (unpaired) electrons. The summed E-state index contributed by atoms with van der Waals surface area (Å²) in [6.07, 6.45) is 0. The highest BCUT2D eigenvalue weighted by Crippen LogP contribution is 2.22. The Kier molecular flexibility index (Phi) is 4.68. The Morgan fingerprint density at radius 3 is 2.81 bits per heavy atom. The molecule has 0 saturated heterocycles. The number of nitrogens with zero attached hydrogens (tertiary/aromatic N) is 1. The van der Waals surface area contributed by atoms with Crippen LogP contribution in [-0.2, 0) is 0 Å². The first-order valence-electron chi connectivity index (χ1n) is 6.25. The molecule has 21 heavy (non-hydrogen) atoms. The predicted molar refractivity (Wildman–Crippen MR) is 81.9 cm³/mol. The van der Waals surface area contributed by atoms with Crippen molar-refractivity contribution in [2.24, 2.45) is 5.73 Å². The first kappa shape index (κ1) is 15.2. The smallest absolute Gasteiger partial charge is 0.260 e. The number of carbonyl (C=O) groups is 1. The summed E-state index contributed by atoms with van der Waals surface area (Å²) in [5, 5.41) is 3.06. The average molecular weight is 303 g/mol. The largest absolute Gasteiger partial charge is 0.320 e. The molecular weight excluding hydrogens is 289 g/mol. The molecule has 108 valence electrons. The van der Waals surface area contributed by atoms with Crippen molar-refractivity contribution >= 4 is 22.4 Å².